The number of benzene rings is 2. The van der Waals surface area contributed by atoms with Gasteiger partial charge in [0.05, 0.1) is 34.5 Å². The molecule has 2 rings (SSSR count). The van der Waals surface area contributed by atoms with Gasteiger partial charge in [0.15, 0.2) is 16.6 Å². The van der Waals surface area contributed by atoms with Gasteiger partial charge in [0.1, 0.15) is 11.5 Å². The fraction of sp³-hybridized carbons (Fsp3) is 0.316. The number of nitrogens with one attached hydrogen (secondary N) is 2. The highest BCUT2D eigenvalue weighted by atomic mass is 32.1. The lowest BCUT2D eigenvalue weighted by Gasteiger charge is -2.19. The van der Waals surface area contributed by atoms with Crippen molar-refractivity contribution in [3.8, 4) is 23.0 Å². The van der Waals surface area contributed by atoms with E-state index in [-0.39, 0.29) is 6.04 Å². The van der Waals surface area contributed by atoms with Crippen molar-refractivity contribution in [3.05, 3.63) is 42.0 Å². The number of anilines is 1. The van der Waals surface area contributed by atoms with Crippen molar-refractivity contribution < 1.29 is 18.9 Å². The van der Waals surface area contributed by atoms with E-state index in [4.69, 9.17) is 31.2 Å². The third-order valence-corrected chi connectivity index (χ3v) is 4.08. The van der Waals surface area contributed by atoms with Gasteiger partial charge in [-0.3, -0.25) is 0 Å². The molecule has 0 aliphatic rings. The molecular formula is C19H24N2O4S. The summed E-state index contributed by atoms with van der Waals surface area (Å²) in [6.07, 6.45) is 0. The van der Waals surface area contributed by atoms with Gasteiger partial charge in [-0.05, 0) is 36.8 Å². The molecule has 2 aromatic rings. The zero-order valence-corrected chi connectivity index (χ0v) is 16.4. The molecule has 0 saturated carbocycles. The van der Waals surface area contributed by atoms with E-state index in [1.54, 1.807) is 34.5 Å². The summed E-state index contributed by atoms with van der Waals surface area (Å²) >= 11 is 5.42. The van der Waals surface area contributed by atoms with Gasteiger partial charge in [-0.2, -0.15) is 0 Å². The lowest BCUT2D eigenvalue weighted by atomic mass is 10.1. The molecule has 140 valence electrons. The van der Waals surface area contributed by atoms with E-state index in [2.05, 4.69) is 10.6 Å². The Bertz CT molecular complexity index is 745. The van der Waals surface area contributed by atoms with Crippen LogP contribution in [-0.2, 0) is 0 Å². The topological polar surface area (TPSA) is 61.0 Å². The molecule has 0 spiro atoms. The van der Waals surface area contributed by atoms with Crippen molar-refractivity contribution >= 4 is 23.0 Å². The molecule has 2 aromatic carbocycles. The van der Waals surface area contributed by atoms with E-state index in [9.17, 15) is 0 Å². The Labute approximate surface area is 159 Å². The minimum absolute atomic E-state index is 0.0256. The number of rotatable bonds is 7. The van der Waals surface area contributed by atoms with Crippen molar-refractivity contribution in [1.29, 1.82) is 0 Å². The molecule has 1 unspecified atom stereocenters. The fourth-order valence-corrected chi connectivity index (χ4v) is 2.74. The molecule has 0 fully saturated rings. The van der Waals surface area contributed by atoms with E-state index in [0.717, 1.165) is 11.3 Å². The summed E-state index contributed by atoms with van der Waals surface area (Å²) in [4.78, 5) is 0. The van der Waals surface area contributed by atoms with Crippen LogP contribution in [0.5, 0.6) is 23.0 Å². The fourth-order valence-electron chi connectivity index (χ4n) is 2.45. The van der Waals surface area contributed by atoms with Gasteiger partial charge in [0.2, 0.25) is 0 Å². The van der Waals surface area contributed by atoms with Crippen LogP contribution in [0.25, 0.3) is 0 Å². The van der Waals surface area contributed by atoms with E-state index in [1.165, 1.54) is 0 Å². The SMILES string of the molecule is COc1cc(NC(=S)NC(C)c2ccc(OC)c(OC)c2)cc(OC)c1. The van der Waals surface area contributed by atoms with Crippen LogP contribution in [0.3, 0.4) is 0 Å². The standard InChI is InChI=1S/C19H24N2O4S/c1-12(13-6-7-17(24-4)18(8-13)25-5)20-19(26)21-14-9-15(22-2)11-16(10-14)23-3/h6-12H,1-5H3,(H2,20,21,26). The molecule has 0 heterocycles. The van der Waals surface area contributed by atoms with Crippen LogP contribution in [0.1, 0.15) is 18.5 Å². The minimum Gasteiger partial charge on any atom is -0.497 e. The average molecular weight is 376 g/mol. The summed E-state index contributed by atoms with van der Waals surface area (Å²) in [5.74, 6) is 2.73. The maximum atomic E-state index is 5.42. The van der Waals surface area contributed by atoms with Crippen molar-refractivity contribution in [2.24, 2.45) is 0 Å². The molecule has 7 heteroatoms. The van der Waals surface area contributed by atoms with E-state index >= 15 is 0 Å². The van der Waals surface area contributed by atoms with Gasteiger partial charge in [-0.25, -0.2) is 0 Å². The number of ether oxygens (including phenoxy) is 4. The van der Waals surface area contributed by atoms with Crippen molar-refractivity contribution in [2.75, 3.05) is 33.8 Å². The highest BCUT2D eigenvalue weighted by Gasteiger charge is 2.12. The van der Waals surface area contributed by atoms with Gasteiger partial charge < -0.3 is 29.6 Å². The zero-order valence-electron chi connectivity index (χ0n) is 15.6. The van der Waals surface area contributed by atoms with Crippen LogP contribution >= 0.6 is 12.2 Å². The lowest BCUT2D eigenvalue weighted by molar-refractivity contribution is 0.354. The maximum absolute atomic E-state index is 5.42. The predicted octanol–water partition coefficient (Wildman–Crippen LogP) is 3.77. The Morgan fingerprint density at radius 1 is 0.846 bits per heavy atom. The quantitative estimate of drug-likeness (QED) is 0.713. The average Bonchev–Trinajstić information content (AvgIpc) is 2.66. The second-order valence-corrected chi connectivity index (χ2v) is 5.94. The Morgan fingerprint density at radius 2 is 1.46 bits per heavy atom. The smallest absolute Gasteiger partial charge is 0.171 e. The Balaban J connectivity index is 2.08. The monoisotopic (exact) mass is 376 g/mol. The molecule has 0 radical (unpaired) electrons. The first-order chi connectivity index (χ1) is 12.5. The summed E-state index contributed by atoms with van der Waals surface area (Å²) < 4.78 is 21.2. The summed E-state index contributed by atoms with van der Waals surface area (Å²) in [6, 6.07) is 11.2. The summed E-state index contributed by atoms with van der Waals surface area (Å²) in [7, 11) is 6.44. The minimum atomic E-state index is -0.0256. The second-order valence-electron chi connectivity index (χ2n) is 5.54. The number of thiocarbonyl (C=S) groups is 1. The summed E-state index contributed by atoms with van der Waals surface area (Å²) in [6.45, 7) is 2.02. The van der Waals surface area contributed by atoms with E-state index in [0.29, 0.717) is 28.1 Å². The van der Waals surface area contributed by atoms with Gasteiger partial charge in [0.25, 0.3) is 0 Å². The third-order valence-electron chi connectivity index (χ3n) is 3.86. The second kappa shape index (κ2) is 9.15. The molecule has 0 saturated heterocycles. The number of methoxy groups -OCH3 is 4. The van der Waals surface area contributed by atoms with E-state index < -0.39 is 0 Å². The normalized spacial score (nSPS) is 11.3. The van der Waals surface area contributed by atoms with Crippen LogP contribution in [-0.4, -0.2) is 33.6 Å². The highest BCUT2D eigenvalue weighted by Crippen LogP contribution is 2.30. The molecule has 0 aromatic heterocycles. The zero-order chi connectivity index (χ0) is 19.1. The molecule has 6 nitrogen and oxygen atoms in total. The van der Waals surface area contributed by atoms with Gasteiger partial charge >= 0.3 is 0 Å². The molecule has 0 aliphatic heterocycles. The largest absolute Gasteiger partial charge is 0.497 e. The first-order valence-corrected chi connectivity index (χ1v) is 8.44. The molecule has 1 atom stereocenters. The molecule has 26 heavy (non-hydrogen) atoms. The molecule has 0 amide bonds. The van der Waals surface area contributed by atoms with Crippen LogP contribution < -0.4 is 29.6 Å². The molecular weight excluding hydrogens is 352 g/mol. The predicted molar refractivity (Wildman–Crippen MR) is 107 cm³/mol. The first-order valence-electron chi connectivity index (χ1n) is 8.03. The highest BCUT2D eigenvalue weighted by molar-refractivity contribution is 7.80. The molecule has 2 N–H and O–H groups in total. The molecule has 0 bridgehead atoms. The van der Waals surface area contributed by atoms with Crippen LogP contribution in [0, 0.1) is 0 Å². The van der Waals surface area contributed by atoms with Crippen LogP contribution in [0.15, 0.2) is 36.4 Å². The Hall–Kier alpha value is -2.67. The first kappa shape index (κ1) is 19.7. The van der Waals surface area contributed by atoms with Crippen LogP contribution in [0.4, 0.5) is 5.69 Å². The lowest BCUT2D eigenvalue weighted by Crippen LogP contribution is -2.30. The van der Waals surface area contributed by atoms with Gasteiger partial charge in [-0.15, -0.1) is 0 Å². The molecule has 0 aliphatic carbocycles. The van der Waals surface area contributed by atoms with Crippen molar-refractivity contribution in [2.45, 2.75) is 13.0 Å². The van der Waals surface area contributed by atoms with E-state index in [1.807, 2.05) is 37.3 Å². The Morgan fingerprint density at radius 3 is 2.00 bits per heavy atom. The maximum Gasteiger partial charge on any atom is 0.171 e. The van der Waals surface area contributed by atoms with Gasteiger partial charge in [-0.1, -0.05) is 6.07 Å². The third kappa shape index (κ3) is 4.92. The summed E-state index contributed by atoms with van der Waals surface area (Å²) in [5.41, 5.74) is 1.80. The Kier molecular flexibility index (Phi) is 6.91. The number of hydrogen-bond donors (Lipinski definition) is 2. The summed E-state index contributed by atoms with van der Waals surface area (Å²) in [5, 5.41) is 6.89. The van der Waals surface area contributed by atoms with Crippen LogP contribution in [0.2, 0.25) is 0 Å². The van der Waals surface area contributed by atoms with Crippen molar-refractivity contribution in [1.82, 2.24) is 5.32 Å². The number of hydrogen-bond acceptors (Lipinski definition) is 5. The van der Waals surface area contributed by atoms with Gasteiger partial charge in [0, 0.05) is 23.9 Å². The van der Waals surface area contributed by atoms with Crippen molar-refractivity contribution in [3.63, 3.8) is 0 Å².